The van der Waals surface area contributed by atoms with Crippen molar-refractivity contribution in [2.24, 2.45) is 16.2 Å². The van der Waals surface area contributed by atoms with E-state index in [0.717, 1.165) is 10.4 Å². The summed E-state index contributed by atoms with van der Waals surface area (Å²) in [4.78, 5) is 58.4. The van der Waals surface area contributed by atoms with Crippen molar-refractivity contribution in [3.63, 3.8) is 0 Å². The van der Waals surface area contributed by atoms with Crippen LogP contribution in [0.4, 0.5) is 27.9 Å². The predicted octanol–water partition coefficient (Wildman–Crippen LogP) is 7.86. The van der Waals surface area contributed by atoms with Crippen LogP contribution < -0.4 is 31.8 Å². The van der Waals surface area contributed by atoms with Crippen molar-refractivity contribution in [1.82, 2.24) is 19.9 Å². The second-order valence-electron chi connectivity index (χ2n) is 17.2. The fourth-order valence-electron chi connectivity index (χ4n) is 7.06. The zero-order chi connectivity index (χ0) is 49.5. The summed E-state index contributed by atoms with van der Waals surface area (Å²) in [6.07, 6.45) is 7.58. The van der Waals surface area contributed by atoms with Crippen molar-refractivity contribution in [3.8, 4) is 18.2 Å². The fourth-order valence-corrected chi connectivity index (χ4v) is 7.91. The van der Waals surface area contributed by atoms with Crippen LogP contribution >= 0.6 is 11.3 Å². The number of nitriles is 3. The van der Waals surface area contributed by atoms with E-state index < -0.39 is 22.8 Å². The zero-order valence-electron chi connectivity index (χ0n) is 38.3. The quantitative estimate of drug-likeness (QED) is 0.0351. The van der Waals surface area contributed by atoms with Gasteiger partial charge in [0.1, 0.15) is 12.1 Å². The van der Waals surface area contributed by atoms with Crippen LogP contribution in [-0.2, 0) is 22.0 Å². The number of nitrogens with zero attached hydrogens (tertiary/aromatic N) is 11. The molecule has 3 amide bonds. The van der Waals surface area contributed by atoms with Gasteiger partial charge in [0.15, 0.2) is 5.13 Å². The number of amides is 3. The number of hydrogen-bond acceptors (Lipinski definition) is 17. The summed E-state index contributed by atoms with van der Waals surface area (Å²) >= 11 is 1.25. The minimum atomic E-state index is -0.818. The molecule has 7 rings (SSSR count). The Balaban J connectivity index is 1.00. The summed E-state index contributed by atoms with van der Waals surface area (Å²) in [5, 5.41) is 58.0. The molecular formula is C49H46N16O3S. The summed E-state index contributed by atoms with van der Waals surface area (Å²) in [7, 11) is 0. The molecule has 6 N–H and O–H groups in total. The highest BCUT2D eigenvalue weighted by atomic mass is 32.1. The van der Waals surface area contributed by atoms with Crippen molar-refractivity contribution < 1.29 is 14.4 Å². The maximum absolute atomic E-state index is 13.4. The van der Waals surface area contributed by atoms with Crippen molar-refractivity contribution in [2.75, 3.05) is 39.1 Å². The number of aryl methyl sites for hydroxylation is 2. The third-order valence-electron chi connectivity index (χ3n) is 11.2. The molecule has 69 heavy (non-hydrogen) atoms. The Bertz CT molecular complexity index is 3140. The van der Waals surface area contributed by atoms with Crippen LogP contribution in [0.15, 0.2) is 108 Å². The second-order valence-corrected chi connectivity index (χ2v) is 18.2. The first kappa shape index (κ1) is 48.2. The van der Waals surface area contributed by atoms with Gasteiger partial charge in [0.2, 0.25) is 5.91 Å². The molecular weight excluding hydrogens is 893 g/mol. The molecule has 20 heteroatoms. The van der Waals surface area contributed by atoms with Gasteiger partial charge in [0, 0.05) is 48.1 Å². The molecule has 0 saturated carbocycles. The van der Waals surface area contributed by atoms with Crippen LogP contribution in [0.2, 0.25) is 0 Å². The predicted molar refractivity (Wildman–Crippen MR) is 261 cm³/mol. The summed E-state index contributed by atoms with van der Waals surface area (Å²) in [6.45, 7) is 9.16. The molecule has 0 saturated heterocycles. The van der Waals surface area contributed by atoms with Gasteiger partial charge < -0.3 is 26.4 Å². The normalized spacial score (nSPS) is 13.1. The molecule has 6 aromatic rings. The van der Waals surface area contributed by atoms with E-state index in [1.54, 1.807) is 99.7 Å². The lowest BCUT2D eigenvalue weighted by Crippen LogP contribution is -2.37. The number of carbonyl (C=O) groups is 3. The first-order valence-corrected chi connectivity index (χ1v) is 22.3. The van der Waals surface area contributed by atoms with Crippen molar-refractivity contribution >= 4 is 62.7 Å². The Hall–Kier alpha value is -8.77. The van der Waals surface area contributed by atoms with Gasteiger partial charge in [-0.05, 0) is 88.2 Å². The van der Waals surface area contributed by atoms with Crippen molar-refractivity contribution in [2.45, 2.75) is 64.3 Å². The molecule has 0 bridgehead atoms. The summed E-state index contributed by atoms with van der Waals surface area (Å²) in [5.74, 6) is 5.43. The van der Waals surface area contributed by atoms with Gasteiger partial charge in [-0.1, -0.05) is 40.8 Å². The molecule has 0 radical (unpaired) electrons. The number of aromatic nitrogens is 4. The number of thiazole rings is 1. The highest BCUT2D eigenvalue weighted by Crippen LogP contribution is 2.35. The number of nitrogens with two attached hydrogens (primary N) is 1. The Morgan fingerprint density at radius 3 is 2.10 bits per heavy atom. The molecule has 4 aromatic heterocycles. The van der Waals surface area contributed by atoms with Gasteiger partial charge in [0.25, 0.3) is 11.8 Å². The van der Waals surface area contributed by atoms with Gasteiger partial charge in [-0.25, -0.2) is 15.8 Å². The molecule has 0 fully saturated rings. The van der Waals surface area contributed by atoms with E-state index in [0.29, 0.717) is 68.1 Å². The Morgan fingerprint density at radius 2 is 1.46 bits per heavy atom. The Kier molecular flexibility index (Phi) is 14.2. The number of benzene rings is 2. The lowest BCUT2D eigenvalue weighted by atomic mass is 9.85. The highest BCUT2D eigenvalue weighted by Gasteiger charge is 2.27. The van der Waals surface area contributed by atoms with E-state index in [-0.39, 0.29) is 42.5 Å². The molecule has 19 nitrogen and oxygen atoms in total. The number of hydrogen-bond donors (Lipinski definition) is 5. The SMILES string of the molecule is Cc1ncc(NC(=O)c2cccc(C(C)(C)C#N)c2)cc1N1CC(c2cnc(NC(=O)CCc3ncc(NC(=O)c4cccc(C(C)(C)C#N)c4)cc3N(N)CC(=N)c3cncc(C#N)c3)s2)N=N1. The number of hydrazine groups is 1. The largest absolute Gasteiger partial charge is 0.321 e. The van der Waals surface area contributed by atoms with E-state index in [1.807, 2.05) is 19.1 Å². The van der Waals surface area contributed by atoms with Crippen LogP contribution in [0.1, 0.15) is 99.4 Å². The average Bonchev–Trinajstić information content (AvgIpc) is 4.04. The maximum Gasteiger partial charge on any atom is 0.255 e. The molecule has 1 aliphatic rings. The lowest BCUT2D eigenvalue weighted by Gasteiger charge is -2.23. The number of anilines is 5. The third-order valence-corrected chi connectivity index (χ3v) is 12.3. The third kappa shape index (κ3) is 11.4. The van der Waals surface area contributed by atoms with E-state index in [2.05, 4.69) is 58.4 Å². The monoisotopic (exact) mass is 938 g/mol. The minimum Gasteiger partial charge on any atom is -0.321 e. The van der Waals surface area contributed by atoms with Crippen LogP contribution in [0.5, 0.6) is 0 Å². The molecule has 346 valence electrons. The van der Waals surface area contributed by atoms with Gasteiger partial charge in [-0.3, -0.25) is 29.3 Å². The van der Waals surface area contributed by atoms with E-state index in [1.165, 1.54) is 41.0 Å². The zero-order valence-corrected chi connectivity index (χ0v) is 39.1. The lowest BCUT2D eigenvalue weighted by molar-refractivity contribution is -0.116. The van der Waals surface area contributed by atoms with Crippen LogP contribution in [0, 0.1) is 46.3 Å². The van der Waals surface area contributed by atoms with E-state index in [4.69, 9.17) is 11.3 Å². The fraction of sp³-hybridized carbons (Fsp3) is 0.245. The molecule has 1 aliphatic heterocycles. The molecule has 2 aromatic carbocycles. The van der Waals surface area contributed by atoms with Gasteiger partial charge in [0.05, 0.1) is 98.7 Å². The van der Waals surface area contributed by atoms with Crippen LogP contribution in [-0.4, -0.2) is 56.5 Å². The standard InChI is InChI=1S/C49H46N16O3S/c1-29-41(17-36(22-56-29)59-45(67)31-8-6-10-34(15-31)48(2,3)27-51)65-26-40(62-63-65)43-24-58-47(69-43)61-44(66)13-12-39-42(64(54)25-38(53)33-14-30(19-50)20-55-21-33)18-37(23-57-39)60-46(68)32-9-7-11-35(16-32)49(4,5)28-52/h6-11,14-18,20-24,40,53H,12-13,25-26,54H2,1-5H3,(H,59,67)(H,60,68)(H,58,61,66). The number of carbonyl (C=O) groups excluding carboxylic acids is 3. The first-order chi connectivity index (χ1) is 33.0. The smallest absolute Gasteiger partial charge is 0.255 e. The topological polar surface area (TPSA) is 291 Å². The summed E-state index contributed by atoms with van der Waals surface area (Å²) in [6, 6.07) is 24.8. The average molecular weight is 939 g/mol. The molecule has 0 aliphatic carbocycles. The Morgan fingerprint density at radius 1 is 0.826 bits per heavy atom. The number of pyridine rings is 3. The van der Waals surface area contributed by atoms with Gasteiger partial charge >= 0.3 is 0 Å². The van der Waals surface area contributed by atoms with Crippen molar-refractivity contribution in [1.29, 1.82) is 21.2 Å². The molecule has 0 spiro atoms. The second kappa shape index (κ2) is 20.4. The molecule has 5 heterocycles. The van der Waals surface area contributed by atoms with Crippen LogP contribution in [0.3, 0.4) is 0 Å². The Labute approximate surface area is 401 Å². The van der Waals surface area contributed by atoms with E-state index in [9.17, 15) is 30.2 Å². The van der Waals surface area contributed by atoms with Gasteiger partial charge in [-0.2, -0.15) is 20.9 Å². The highest BCUT2D eigenvalue weighted by molar-refractivity contribution is 7.15. The molecule has 1 unspecified atom stereocenters. The molecule has 1 atom stereocenters. The summed E-state index contributed by atoms with van der Waals surface area (Å²) in [5.41, 5.74) is 4.09. The van der Waals surface area contributed by atoms with Crippen LogP contribution in [0.25, 0.3) is 0 Å². The first-order valence-electron chi connectivity index (χ1n) is 21.5. The maximum atomic E-state index is 13.4. The minimum absolute atomic E-state index is 0.0269. The van der Waals surface area contributed by atoms with Gasteiger partial charge in [-0.15, -0.1) is 0 Å². The number of nitrogens with one attached hydrogen (secondary N) is 4. The van der Waals surface area contributed by atoms with E-state index >= 15 is 0 Å². The van der Waals surface area contributed by atoms with Crippen molar-refractivity contribution in [3.05, 3.63) is 147 Å². The number of rotatable bonds is 16. The summed E-state index contributed by atoms with van der Waals surface area (Å²) < 4.78 is 0.